The molecule has 0 fully saturated rings. The van der Waals surface area contributed by atoms with Crippen molar-refractivity contribution >= 4 is 35.4 Å². The van der Waals surface area contributed by atoms with Crippen LogP contribution in [0.25, 0.3) is 0 Å². The van der Waals surface area contributed by atoms with Gasteiger partial charge in [-0.2, -0.15) is 13.2 Å². The highest BCUT2D eigenvalue weighted by atomic mass is 35.5. The molecular weight excluding hydrogens is 531 g/mol. The summed E-state index contributed by atoms with van der Waals surface area (Å²) in [6.07, 6.45) is 0.585. The van der Waals surface area contributed by atoms with Crippen molar-refractivity contribution in [2.45, 2.75) is 24.3 Å². The van der Waals surface area contributed by atoms with Crippen molar-refractivity contribution in [3.8, 4) is 17.2 Å². The smallest absolute Gasteiger partial charge is 0.461 e. The van der Waals surface area contributed by atoms with Crippen LogP contribution >= 0.6 is 23.5 Å². The maximum Gasteiger partial charge on any atom is 0.461 e. The SMILES string of the molecule is O=C(O)C1CCOc2cc(Oc3ccc(C(=O)N(CCc4ccccc4)SC(F)(F)F)cc3)c(Cl)cc21. The van der Waals surface area contributed by atoms with Crippen LogP contribution in [-0.2, 0) is 11.2 Å². The van der Waals surface area contributed by atoms with Gasteiger partial charge in [-0.25, -0.2) is 0 Å². The Morgan fingerprint density at radius 1 is 1.11 bits per heavy atom. The van der Waals surface area contributed by atoms with E-state index in [0.717, 1.165) is 5.56 Å². The Kier molecular flexibility index (Phi) is 8.19. The molecule has 1 aliphatic heterocycles. The van der Waals surface area contributed by atoms with Crippen LogP contribution in [0, 0.1) is 0 Å². The fraction of sp³-hybridized carbons (Fsp3) is 0.231. The van der Waals surface area contributed by atoms with Gasteiger partial charge >= 0.3 is 11.5 Å². The van der Waals surface area contributed by atoms with E-state index in [9.17, 15) is 27.9 Å². The minimum absolute atomic E-state index is 0.0568. The van der Waals surface area contributed by atoms with E-state index in [4.69, 9.17) is 21.1 Å². The molecule has 1 unspecified atom stereocenters. The van der Waals surface area contributed by atoms with Gasteiger partial charge in [-0.15, -0.1) is 0 Å². The van der Waals surface area contributed by atoms with Crippen molar-refractivity contribution in [1.82, 2.24) is 4.31 Å². The number of carboxylic acids is 1. The normalized spacial score (nSPS) is 14.9. The molecule has 11 heteroatoms. The first kappa shape index (κ1) is 26.7. The zero-order valence-corrected chi connectivity index (χ0v) is 20.8. The Bertz CT molecular complexity index is 1270. The first-order valence-electron chi connectivity index (χ1n) is 11.2. The molecule has 37 heavy (non-hydrogen) atoms. The van der Waals surface area contributed by atoms with Gasteiger partial charge in [-0.1, -0.05) is 41.9 Å². The molecule has 1 heterocycles. The molecule has 0 spiro atoms. The first-order chi connectivity index (χ1) is 17.6. The van der Waals surface area contributed by atoms with Gasteiger partial charge in [0.2, 0.25) is 0 Å². The van der Waals surface area contributed by atoms with Crippen LogP contribution in [-0.4, -0.2) is 39.9 Å². The van der Waals surface area contributed by atoms with E-state index >= 15 is 0 Å². The van der Waals surface area contributed by atoms with Crippen molar-refractivity contribution in [2.75, 3.05) is 13.2 Å². The molecule has 1 amide bonds. The average molecular weight is 552 g/mol. The van der Waals surface area contributed by atoms with Gasteiger partial charge in [0, 0.05) is 23.7 Å². The summed E-state index contributed by atoms with van der Waals surface area (Å²) >= 11 is 5.84. The molecule has 0 saturated carbocycles. The third-order valence-corrected chi connectivity index (χ3v) is 6.69. The van der Waals surface area contributed by atoms with Gasteiger partial charge in [-0.05, 0) is 48.7 Å². The lowest BCUT2D eigenvalue weighted by atomic mass is 9.93. The van der Waals surface area contributed by atoms with Crippen LogP contribution in [0.3, 0.4) is 0 Å². The minimum atomic E-state index is -4.62. The van der Waals surface area contributed by atoms with Crippen LogP contribution in [0.5, 0.6) is 17.2 Å². The number of amides is 1. The van der Waals surface area contributed by atoms with Gasteiger partial charge in [0.15, 0.2) is 0 Å². The van der Waals surface area contributed by atoms with E-state index in [2.05, 4.69) is 0 Å². The summed E-state index contributed by atoms with van der Waals surface area (Å²) in [5.41, 5.74) is -3.30. The van der Waals surface area contributed by atoms with Gasteiger partial charge in [0.05, 0.1) is 29.5 Å². The van der Waals surface area contributed by atoms with Crippen molar-refractivity contribution in [3.63, 3.8) is 0 Å². The number of alkyl halides is 3. The Morgan fingerprint density at radius 3 is 2.46 bits per heavy atom. The number of rotatable bonds is 8. The van der Waals surface area contributed by atoms with Crippen LogP contribution in [0.1, 0.15) is 33.8 Å². The zero-order chi connectivity index (χ0) is 26.6. The molecule has 3 aromatic rings. The topological polar surface area (TPSA) is 76.1 Å². The predicted molar refractivity (Wildman–Crippen MR) is 133 cm³/mol. The lowest BCUT2D eigenvalue weighted by molar-refractivity contribution is -0.139. The standard InChI is InChI=1S/C26H21ClF3NO5S/c27-21-14-20-19(25(33)34)11-13-35-22(20)15-23(21)36-18-8-6-17(7-9-18)24(32)31(37-26(28,29)30)12-10-16-4-2-1-3-5-16/h1-9,14-15,19H,10-13H2,(H,33,34). The second-order valence-corrected chi connectivity index (χ2v) is 9.65. The number of carbonyl (C=O) groups is 2. The number of aliphatic carboxylic acids is 1. The summed E-state index contributed by atoms with van der Waals surface area (Å²) in [6, 6.07) is 17.5. The summed E-state index contributed by atoms with van der Waals surface area (Å²) < 4.78 is 51.4. The Labute approximate surface area is 220 Å². The molecular formula is C26H21ClF3NO5S. The number of carboxylic acid groups (broad SMARTS) is 1. The number of carbonyl (C=O) groups excluding carboxylic acids is 1. The van der Waals surface area contributed by atoms with Crippen molar-refractivity contribution in [1.29, 1.82) is 0 Å². The predicted octanol–water partition coefficient (Wildman–Crippen LogP) is 6.94. The Morgan fingerprint density at radius 2 is 1.81 bits per heavy atom. The molecule has 0 aromatic heterocycles. The molecule has 0 aliphatic carbocycles. The summed E-state index contributed by atoms with van der Waals surface area (Å²) in [5.74, 6) is -1.66. The summed E-state index contributed by atoms with van der Waals surface area (Å²) in [6.45, 7) is 0.103. The number of hydrogen-bond donors (Lipinski definition) is 1. The van der Waals surface area contributed by atoms with E-state index in [1.807, 2.05) is 0 Å². The summed E-state index contributed by atoms with van der Waals surface area (Å²) in [5, 5.41) is 9.59. The molecule has 1 N–H and O–H groups in total. The highest BCUT2D eigenvalue weighted by Crippen LogP contribution is 2.42. The summed E-state index contributed by atoms with van der Waals surface area (Å²) in [4.78, 5) is 24.4. The fourth-order valence-electron chi connectivity index (χ4n) is 3.85. The third kappa shape index (κ3) is 6.90. The third-order valence-electron chi connectivity index (χ3n) is 5.62. The lowest BCUT2D eigenvalue weighted by Gasteiger charge is -2.24. The maximum atomic E-state index is 13.1. The number of halogens is 4. The molecule has 0 saturated heterocycles. The lowest BCUT2D eigenvalue weighted by Crippen LogP contribution is -2.30. The minimum Gasteiger partial charge on any atom is -0.493 e. The van der Waals surface area contributed by atoms with Gasteiger partial charge < -0.3 is 14.6 Å². The Balaban J connectivity index is 1.48. The van der Waals surface area contributed by atoms with Crippen LogP contribution in [0.2, 0.25) is 5.02 Å². The van der Waals surface area contributed by atoms with E-state index in [-0.39, 0.29) is 41.7 Å². The molecule has 1 atom stereocenters. The van der Waals surface area contributed by atoms with E-state index < -0.39 is 35.3 Å². The summed E-state index contributed by atoms with van der Waals surface area (Å²) in [7, 11) is 0. The molecule has 194 valence electrons. The average Bonchev–Trinajstić information content (AvgIpc) is 2.86. The van der Waals surface area contributed by atoms with Crippen LogP contribution in [0.15, 0.2) is 66.7 Å². The quantitative estimate of drug-likeness (QED) is 0.306. The van der Waals surface area contributed by atoms with E-state index in [1.165, 1.54) is 36.4 Å². The van der Waals surface area contributed by atoms with Crippen LogP contribution < -0.4 is 9.47 Å². The van der Waals surface area contributed by atoms with Gasteiger partial charge in [-0.3, -0.25) is 13.9 Å². The van der Waals surface area contributed by atoms with E-state index in [1.54, 1.807) is 30.3 Å². The molecule has 0 bridgehead atoms. The highest BCUT2D eigenvalue weighted by Gasteiger charge is 2.35. The number of hydrogen-bond acceptors (Lipinski definition) is 5. The molecule has 0 radical (unpaired) electrons. The Hall–Kier alpha value is -3.37. The number of fused-ring (bicyclic) bond motifs is 1. The number of nitrogens with zero attached hydrogens (tertiary/aromatic N) is 1. The second-order valence-electron chi connectivity index (χ2n) is 8.15. The highest BCUT2D eigenvalue weighted by molar-refractivity contribution is 7.98. The molecule has 4 rings (SSSR count). The largest absolute Gasteiger partial charge is 0.493 e. The first-order valence-corrected chi connectivity index (χ1v) is 12.3. The van der Waals surface area contributed by atoms with Crippen molar-refractivity contribution < 1.29 is 37.3 Å². The van der Waals surface area contributed by atoms with Crippen molar-refractivity contribution in [2.24, 2.45) is 0 Å². The van der Waals surface area contributed by atoms with E-state index in [0.29, 0.717) is 22.0 Å². The fourth-order valence-corrected chi connectivity index (χ4v) is 4.68. The molecule has 3 aromatic carbocycles. The van der Waals surface area contributed by atoms with Gasteiger partial charge in [0.1, 0.15) is 17.2 Å². The number of benzene rings is 3. The molecule has 6 nitrogen and oxygen atoms in total. The monoisotopic (exact) mass is 551 g/mol. The number of ether oxygens (including phenoxy) is 2. The molecule has 1 aliphatic rings. The van der Waals surface area contributed by atoms with Gasteiger partial charge in [0.25, 0.3) is 5.91 Å². The zero-order valence-electron chi connectivity index (χ0n) is 19.2. The maximum absolute atomic E-state index is 13.1. The second kappa shape index (κ2) is 11.4. The van der Waals surface area contributed by atoms with Crippen molar-refractivity contribution in [3.05, 3.63) is 88.4 Å². The van der Waals surface area contributed by atoms with Crippen LogP contribution in [0.4, 0.5) is 13.2 Å².